The van der Waals surface area contributed by atoms with E-state index < -0.39 is 11.7 Å². The van der Waals surface area contributed by atoms with Crippen LogP contribution in [0, 0.1) is 0 Å². The first-order valence-corrected chi connectivity index (χ1v) is 11.3. The Balaban J connectivity index is 0.00000274. The highest BCUT2D eigenvalue weighted by Gasteiger charge is 2.50. The fraction of sp³-hybridized carbons (Fsp3) is 0.435. The van der Waals surface area contributed by atoms with E-state index in [9.17, 15) is 13.2 Å². The number of anilines is 1. The average Bonchev–Trinajstić information content (AvgIpc) is 3.52. The maximum Gasteiger partial charge on any atom is 0.417 e. The van der Waals surface area contributed by atoms with Gasteiger partial charge in [0.15, 0.2) is 0 Å². The van der Waals surface area contributed by atoms with Crippen molar-refractivity contribution in [3.05, 3.63) is 64.6 Å². The van der Waals surface area contributed by atoms with E-state index in [4.69, 9.17) is 16.3 Å². The number of rotatable bonds is 5. The molecule has 182 valence electrons. The van der Waals surface area contributed by atoms with Gasteiger partial charge in [-0.2, -0.15) is 13.2 Å². The Kier molecular flexibility index (Phi) is 6.70. The SMILES string of the molecule is Cl.Cn1c(N2CCC(Oc3ncc(C(F)(F)F)cc3Cl)CC2)nnc1C1(c2ccccc2)CC1. The van der Waals surface area contributed by atoms with E-state index in [0.29, 0.717) is 25.9 Å². The monoisotopic (exact) mass is 513 g/mol. The standard InChI is InChI=1S/C23H23ClF3N5O.ClH/c1-31-20(22(9-10-22)15-5-3-2-4-6-15)29-30-21(31)32-11-7-17(8-12-32)33-19-18(24)13-16(14-28-19)23(25,26)27;/h2-6,13-14,17H,7-12H2,1H3;1H. The molecule has 3 aromatic rings. The van der Waals surface area contributed by atoms with E-state index in [1.807, 2.05) is 13.1 Å². The van der Waals surface area contributed by atoms with Crippen molar-refractivity contribution in [1.82, 2.24) is 19.7 Å². The molecule has 1 aromatic carbocycles. The van der Waals surface area contributed by atoms with E-state index >= 15 is 0 Å². The third kappa shape index (κ3) is 4.55. The van der Waals surface area contributed by atoms with Crippen LogP contribution < -0.4 is 9.64 Å². The van der Waals surface area contributed by atoms with Crippen molar-refractivity contribution in [2.45, 2.75) is 43.4 Å². The second kappa shape index (κ2) is 9.26. The second-order valence-electron chi connectivity index (χ2n) is 8.64. The highest BCUT2D eigenvalue weighted by Crippen LogP contribution is 2.53. The molecule has 1 aliphatic heterocycles. The molecule has 1 saturated carbocycles. The van der Waals surface area contributed by atoms with Crippen LogP contribution in [0.4, 0.5) is 19.1 Å². The molecule has 34 heavy (non-hydrogen) atoms. The fourth-order valence-electron chi connectivity index (χ4n) is 4.54. The molecule has 6 nitrogen and oxygen atoms in total. The highest BCUT2D eigenvalue weighted by molar-refractivity contribution is 6.31. The van der Waals surface area contributed by atoms with Crippen molar-refractivity contribution < 1.29 is 17.9 Å². The fourth-order valence-corrected chi connectivity index (χ4v) is 4.75. The number of alkyl halides is 3. The Morgan fingerprint density at radius 2 is 1.76 bits per heavy atom. The highest BCUT2D eigenvalue weighted by atomic mass is 35.5. The number of nitrogens with zero attached hydrogens (tertiary/aromatic N) is 5. The Morgan fingerprint density at radius 1 is 1.09 bits per heavy atom. The minimum Gasteiger partial charge on any atom is -0.473 e. The molecule has 3 heterocycles. The molecule has 2 aromatic heterocycles. The molecule has 1 saturated heterocycles. The number of benzene rings is 1. The molecule has 0 radical (unpaired) electrons. The molecule has 0 atom stereocenters. The molecule has 5 rings (SSSR count). The molecule has 0 amide bonds. The lowest BCUT2D eigenvalue weighted by molar-refractivity contribution is -0.137. The zero-order valence-electron chi connectivity index (χ0n) is 18.4. The number of halogens is 5. The summed E-state index contributed by atoms with van der Waals surface area (Å²) in [5, 5.41) is 8.90. The predicted molar refractivity (Wildman–Crippen MR) is 125 cm³/mol. The molecule has 0 N–H and O–H groups in total. The van der Waals surface area contributed by atoms with E-state index in [1.54, 1.807) is 0 Å². The van der Waals surface area contributed by atoms with E-state index in [1.165, 1.54) is 5.56 Å². The zero-order valence-corrected chi connectivity index (χ0v) is 20.0. The maximum absolute atomic E-state index is 12.8. The van der Waals surface area contributed by atoms with E-state index in [0.717, 1.165) is 36.9 Å². The van der Waals surface area contributed by atoms with E-state index in [-0.39, 0.29) is 34.8 Å². The van der Waals surface area contributed by atoms with Crippen LogP contribution in [0.2, 0.25) is 5.02 Å². The number of pyridine rings is 1. The smallest absolute Gasteiger partial charge is 0.417 e. The maximum atomic E-state index is 12.8. The van der Waals surface area contributed by atoms with Crippen LogP contribution in [0.15, 0.2) is 42.6 Å². The summed E-state index contributed by atoms with van der Waals surface area (Å²) >= 11 is 5.98. The Morgan fingerprint density at radius 3 is 2.35 bits per heavy atom. The summed E-state index contributed by atoms with van der Waals surface area (Å²) in [5.74, 6) is 1.82. The number of hydrogen-bond donors (Lipinski definition) is 0. The van der Waals surface area contributed by atoms with Gasteiger partial charge in [0.25, 0.3) is 0 Å². The second-order valence-corrected chi connectivity index (χ2v) is 9.05. The minimum atomic E-state index is -4.49. The predicted octanol–water partition coefficient (Wildman–Crippen LogP) is 5.43. The third-order valence-electron chi connectivity index (χ3n) is 6.49. The number of ether oxygens (including phenoxy) is 1. The number of piperidine rings is 1. The Hall–Kier alpha value is -2.52. The van der Waals surface area contributed by atoms with Gasteiger partial charge < -0.3 is 9.64 Å². The lowest BCUT2D eigenvalue weighted by Crippen LogP contribution is -2.39. The molecule has 11 heteroatoms. The van der Waals surface area contributed by atoms with Crippen molar-refractivity contribution in [2.24, 2.45) is 7.05 Å². The van der Waals surface area contributed by atoms with Gasteiger partial charge in [-0.1, -0.05) is 41.9 Å². The molecular formula is C23H24Cl2F3N5O. The third-order valence-corrected chi connectivity index (χ3v) is 6.76. The first-order chi connectivity index (χ1) is 15.8. The van der Waals surface area contributed by atoms with Gasteiger partial charge in [-0.15, -0.1) is 22.6 Å². The molecule has 0 bridgehead atoms. The Labute approximate surface area is 206 Å². The van der Waals surface area contributed by atoms with Crippen molar-refractivity contribution >= 4 is 30.0 Å². The van der Waals surface area contributed by atoms with Gasteiger partial charge in [-0.05, 0) is 24.5 Å². The van der Waals surface area contributed by atoms with Crippen LogP contribution >= 0.6 is 24.0 Å². The van der Waals surface area contributed by atoms with Crippen LogP contribution in [0.1, 0.15) is 42.6 Å². The van der Waals surface area contributed by atoms with Crippen LogP contribution in [-0.4, -0.2) is 38.9 Å². The summed E-state index contributed by atoms with van der Waals surface area (Å²) in [7, 11) is 2.00. The largest absolute Gasteiger partial charge is 0.473 e. The summed E-state index contributed by atoms with van der Waals surface area (Å²) < 4.78 is 46.3. The summed E-state index contributed by atoms with van der Waals surface area (Å²) in [6, 6.07) is 11.3. The minimum absolute atomic E-state index is 0. The van der Waals surface area contributed by atoms with Crippen LogP contribution in [0.5, 0.6) is 5.88 Å². The van der Waals surface area contributed by atoms with Crippen LogP contribution in [-0.2, 0) is 18.6 Å². The first-order valence-electron chi connectivity index (χ1n) is 10.9. The van der Waals surface area contributed by atoms with Crippen molar-refractivity contribution in [3.8, 4) is 5.88 Å². The molecule has 0 spiro atoms. The zero-order chi connectivity index (χ0) is 23.2. The average molecular weight is 514 g/mol. The Bertz CT molecular complexity index is 1140. The van der Waals surface area contributed by atoms with Crippen LogP contribution in [0.3, 0.4) is 0 Å². The molecule has 2 aliphatic rings. The summed E-state index contributed by atoms with van der Waals surface area (Å²) in [4.78, 5) is 5.95. The molecular weight excluding hydrogens is 490 g/mol. The topological polar surface area (TPSA) is 56.1 Å². The normalized spacial score (nSPS) is 17.9. The van der Waals surface area contributed by atoms with Gasteiger partial charge in [0, 0.05) is 39.2 Å². The number of aromatic nitrogens is 4. The molecule has 0 unspecified atom stereocenters. The van der Waals surface area contributed by atoms with Crippen molar-refractivity contribution in [1.29, 1.82) is 0 Å². The van der Waals surface area contributed by atoms with Gasteiger partial charge in [-0.25, -0.2) is 4.98 Å². The van der Waals surface area contributed by atoms with Crippen molar-refractivity contribution in [3.63, 3.8) is 0 Å². The van der Waals surface area contributed by atoms with Gasteiger partial charge in [0.05, 0.1) is 11.0 Å². The van der Waals surface area contributed by atoms with Gasteiger partial charge in [-0.3, -0.25) is 4.57 Å². The summed E-state index contributed by atoms with van der Waals surface area (Å²) in [6.45, 7) is 1.38. The van der Waals surface area contributed by atoms with Crippen molar-refractivity contribution in [2.75, 3.05) is 18.0 Å². The molecule has 1 aliphatic carbocycles. The molecule has 2 fully saturated rings. The lowest BCUT2D eigenvalue weighted by atomic mass is 9.95. The number of hydrogen-bond acceptors (Lipinski definition) is 5. The van der Waals surface area contributed by atoms with Gasteiger partial charge >= 0.3 is 6.18 Å². The lowest BCUT2D eigenvalue weighted by Gasteiger charge is -2.32. The van der Waals surface area contributed by atoms with Gasteiger partial charge in [0.1, 0.15) is 17.0 Å². The van der Waals surface area contributed by atoms with E-state index in [2.05, 4.69) is 48.9 Å². The first kappa shape index (κ1) is 24.6. The van der Waals surface area contributed by atoms with Gasteiger partial charge in [0.2, 0.25) is 11.8 Å². The summed E-state index contributed by atoms with van der Waals surface area (Å²) in [5.41, 5.74) is 0.310. The quantitative estimate of drug-likeness (QED) is 0.455. The van der Waals surface area contributed by atoms with Crippen LogP contribution in [0.25, 0.3) is 0 Å². The summed E-state index contributed by atoms with van der Waals surface area (Å²) in [6.07, 6.45) is -0.474.